The van der Waals surface area contributed by atoms with Gasteiger partial charge in [0.25, 0.3) is 5.56 Å². The smallest absolute Gasteiger partial charge is 0.257 e. The van der Waals surface area contributed by atoms with Gasteiger partial charge in [-0.25, -0.2) is 4.68 Å². The van der Waals surface area contributed by atoms with Crippen molar-refractivity contribution < 1.29 is 9.64 Å². The maximum Gasteiger partial charge on any atom is 0.257 e. The molecule has 8 heteroatoms. The minimum absolute atomic E-state index is 0.000480. The Morgan fingerprint density at radius 3 is 2.75 bits per heavy atom. The van der Waals surface area contributed by atoms with Crippen LogP contribution in [0.2, 0.25) is 0 Å². The van der Waals surface area contributed by atoms with E-state index in [1.165, 1.54) is 10.5 Å². The molecule has 4 aromatic rings. The number of hydrogen-bond donors (Lipinski definition) is 2. The van der Waals surface area contributed by atoms with Gasteiger partial charge in [0, 0.05) is 18.0 Å². The number of H-pyrrole nitrogens is 1. The number of aryl methyl sites for hydroxylation is 1. The maximum atomic E-state index is 13.1. The molecule has 1 aliphatic rings. The van der Waals surface area contributed by atoms with Gasteiger partial charge >= 0.3 is 0 Å². The summed E-state index contributed by atoms with van der Waals surface area (Å²) in [5.74, 6) is 1.10. The van der Waals surface area contributed by atoms with Gasteiger partial charge in [-0.05, 0) is 59.3 Å². The molecule has 3 heterocycles. The largest absolute Gasteiger partial charge is 0.372 e. The average molecular weight is 488 g/mol. The lowest BCUT2D eigenvalue weighted by Gasteiger charge is -2.32. The van der Waals surface area contributed by atoms with Crippen molar-refractivity contribution in [1.29, 1.82) is 0 Å². The van der Waals surface area contributed by atoms with Crippen molar-refractivity contribution in [3.05, 3.63) is 87.5 Å². The molecule has 188 valence electrons. The van der Waals surface area contributed by atoms with Crippen LogP contribution in [0.3, 0.4) is 0 Å². The zero-order valence-electron chi connectivity index (χ0n) is 21.3. The predicted octanol–water partition coefficient (Wildman–Crippen LogP) is 2.83. The lowest BCUT2D eigenvalue weighted by molar-refractivity contribution is -0.952. The quantitative estimate of drug-likeness (QED) is 0.379. The molecule has 0 aliphatic carbocycles. The number of hydrogen-bond acceptors (Lipinski definition) is 5. The van der Waals surface area contributed by atoms with Crippen molar-refractivity contribution in [2.24, 2.45) is 5.92 Å². The van der Waals surface area contributed by atoms with Crippen molar-refractivity contribution in [2.45, 2.75) is 58.8 Å². The van der Waals surface area contributed by atoms with Crippen molar-refractivity contribution in [3.8, 4) is 0 Å². The standard InChI is InChI=1S/C28H34N6O2/c1-19(2)26(27-30-31-32-34(27)16-21-8-5-4-6-9-21)33(18-24-10-7-13-36-24)17-23-15-22-14-20(3)11-12-25(22)29-28(23)35/h4-6,8-9,11-12,14-15,19,24,26H,7,10,13,16-18H2,1-3H3,(H,29,35)/p+1. The van der Waals surface area contributed by atoms with E-state index in [1.54, 1.807) is 0 Å². The van der Waals surface area contributed by atoms with Gasteiger partial charge in [0.1, 0.15) is 19.2 Å². The van der Waals surface area contributed by atoms with E-state index in [1.807, 2.05) is 41.1 Å². The Hall–Kier alpha value is -3.36. The van der Waals surface area contributed by atoms with Gasteiger partial charge in [-0.2, -0.15) is 0 Å². The first-order chi connectivity index (χ1) is 17.5. The number of nitrogens with one attached hydrogen (secondary N) is 2. The Morgan fingerprint density at radius 2 is 2.00 bits per heavy atom. The third-order valence-corrected chi connectivity index (χ3v) is 7.13. The van der Waals surface area contributed by atoms with Crippen LogP contribution in [0.25, 0.3) is 10.9 Å². The zero-order chi connectivity index (χ0) is 25.1. The van der Waals surface area contributed by atoms with Crippen LogP contribution < -0.4 is 10.5 Å². The average Bonchev–Trinajstić information content (AvgIpc) is 3.53. The minimum Gasteiger partial charge on any atom is -0.372 e. The Bertz CT molecular complexity index is 1360. The van der Waals surface area contributed by atoms with Crippen molar-refractivity contribution >= 4 is 10.9 Å². The third-order valence-electron chi connectivity index (χ3n) is 7.13. The first-order valence-electron chi connectivity index (χ1n) is 12.9. The normalized spacial score (nSPS) is 17.6. The number of aromatic nitrogens is 5. The number of nitrogens with zero attached hydrogens (tertiary/aromatic N) is 4. The van der Waals surface area contributed by atoms with Gasteiger partial charge in [-0.15, -0.1) is 5.10 Å². The van der Waals surface area contributed by atoms with Gasteiger partial charge in [0.2, 0.25) is 5.82 Å². The summed E-state index contributed by atoms with van der Waals surface area (Å²) in [7, 11) is 0. The van der Waals surface area contributed by atoms with Gasteiger partial charge in [0.05, 0.1) is 12.1 Å². The van der Waals surface area contributed by atoms with E-state index >= 15 is 0 Å². The second-order valence-corrected chi connectivity index (χ2v) is 10.3. The molecule has 8 nitrogen and oxygen atoms in total. The molecule has 5 rings (SSSR count). The lowest BCUT2D eigenvalue weighted by Crippen LogP contribution is -3.13. The van der Waals surface area contributed by atoms with E-state index in [4.69, 9.17) is 4.74 Å². The maximum absolute atomic E-state index is 13.1. The number of quaternary nitrogens is 1. The summed E-state index contributed by atoms with van der Waals surface area (Å²) in [4.78, 5) is 17.5. The summed E-state index contributed by atoms with van der Waals surface area (Å²) in [6.45, 7) is 9.25. The van der Waals surface area contributed by atoms with Crippen LogP contribution in [0.1, 0.15) is 55.2 Å². The summed E-state index contributed by atoms with van der Waals surface area (Å²) in [5.41, 5.74) is 3.92. The monoisotopic (exact) mass is 487 g/mol. The summed E-state index contributed by atoms with van der Waals surface area (Å²) in [5, 5.41) is 14.0. The summed E-state index contributed by atoms with van der Waals surface area (Å²) in [6.07, 6.45) is 2.28. The molecular formula is C28H35N6O2+. The number of pyridine rings is 1. The summed E-state index contributed by atoms with van der Waals surface area (Å²) < 4.78 is 7.95. The molecule has 1 saturated heterocycles. The minimum atomic E-state index is -0.0393. The van der Waals surface area contributed by atoms with Crippen molar-refractivity contribution in [3.63, 3.8) is 0 Å². The molecule has 2 aromatic heterocycles. The van der Waals surface area contributed by atoms with Gasteiger partial charge in [-0.1, -0.05) is 55.8 Å². The van der Waals surface area contributed by atoms with Gasteiger partial charge in [0.15, 0.2) is 6.04 Å². The molecule has 0 radical (unpaired) electrons. The third kappa shape index (κ3) is 5.39. The van der Waals surface area contributed by atoms with Gasteiger partial charge in [-0.3, -0.25) is 4.79 Å². The highest BCUT2D eigenvalue weighted by molar-refractivity contribution is 5.79. The Morgan fingerprint density at radius 1 is 1.17 bits per heavy atom. The molecule has 0 saturated carbocycles. The number of rotatable bonds is 9. The number of ether oxygens (including phenoxy) is 1. The second-order valence-electron chi connectivity index (χ2n) is 10.3. The van der Waals surface area contributed by atoms with Crippen LogP contribution in [-0.4, -0.2) is 44.4 Å². The fourth-order valence-electron chi connectivity index (χ4n) is 5.41. The highest BCUT2D eigenvalue weighted by Crippen LogP contribution is 2.20. The van der Waals surface area contributed by atoms with Crippen LogP contribution >= 0.6 is 0 Å². The molecule has 2 aromatic carbocycles. The predicted molar refractivity (Wildman–Crippen MR) is 139 cm³/mol. The fraction of sp³-hybridized carbons (Fsp3) is 0.429. The van der Waals surface area contributed by atoms with E-state index in [0.29, 0.717) is 13.1 Å². The first kappa shape index (κ1) is 24.3. The summed E-state index contributed by atoms with van der Waals surface area (Å²) in [6, 6.07) is 18.4. The zero-order valence-corrected chi connectivity index (χ0v) is 21.3. The molecular weight excluding hydrogens is 452 g/mol. The lowest BCUT2D eigenvalue weighted by atomic mass is 9.99. The van der Waals surface area contributed by atoms with Crippen molar-refractivity contribution in [1.82, 2.24) is 25.2 Å². The molecule has 36 heavy (non-hydrogen) atoms. The van der Waals surface area contributed by atoms with Gasteiger partial charge < -0.3 is 14.6 Å². The molecule has 0 spiro atoms. The highest BCUT2D eigenvalue weighted by atomic mass is 16.5. The highest BCUT2D eigenvalue weighted by Gasteiger charge is 2.36. The SMILES string of the molecule is Cc1ccc2[nH]c(=O)c(C[NH+](CC3CCCO3)C(c3nnnn3Cc3ccccc3)C(C)C)cc2c1. The molecule has 3 atom stereocenters. The van der Waals surface area contributed by atoms with Crippen LogP contribution in [0, 0.1) is 12.8 Å². The number of tetrazole rings is 1. The number of fused-ring (bicyclic) bond motifs is 1. The Labute approximate surface area is 211 Å². The van der Waals surface area contributed by atoms with E-state index in [2.05, 4.69) is 59.5 Å². The van der Waals surface area contributed by atoms with Crippen LogP contribution in [0.4, 0.5) is 0 Å². The van der Waals surface area contributed by atoms with Crippen LogP contribution in [-0.2, 0) is 17.8 Å². The molecule has 1 aliphatic heterocycles. The molecule has 1 fully saturated rings. The van der Waals surface area contributed by atoms with E-state index in [-0.39, 0.29) is 23.6 Å². The van der Waals surface area contributed by atoms with Crippen LogP contribution in [0.15, 0.2) is 59.4 Å². The first-order valence-corrected chi connectivity index (χ1v) is 12.9. The Balaban J connectivity index is 1.51. The number of benzene rings is 2. The fourth-order valence-corrected chi connectivity index (χ4v) is 5.41. The molecule has 0 amide bonds. The van der Waals surface area contributed by atoms with Crippen LogP contribution in [0.5, 0.6) is 0 Å². The molecule has 0 bridgehead atoms. The van der Waals surface area contributed by atoms with E-state index in [9.17, 15) is 4.79 Å². The second kappa shape index (κ2) is 10.7. The van der Waals surface area contributed by atoms with E-state index in [0.717, 1.165) is 53.8 Å². The van der Waals surface area contributed by atoms with Crippen molar-refractivity contribution in [2.75, 3.05) is 13.2 Å². The Kier molecular flexibility index (Phi) is 7.25. The molecule has 2 N–H and O–H groups in total. The van der Waals surface area contributed by atoms with E-state index < -0.39 is 0 Å². The topological polar surface area (TPSA) is 90.1 Å². The summed E-state index contributed by atoms with van der Waals surface area (Å²) >= 11 is 0. The molecule has 3 unspecified atom stereocenters. The number of aromatic amines is 1.